The molecule has 0 aromatic heterocycles. The van der Waals surface area contributed by atoms with Crippen molar-refractivity contribution in [3.8, 4) is 0 Å². The maximum Gasteiger partial charge on any atom is 0.251 e. The van der Waals surface area contributed by atoms with Gasteiger partial charge in [-0.2, -0.15) is 0 Å². The Morgan fingerprint density at radius 2 is 1.82 bits per heavy atom. The molecule has 0 saturated carbocycles. The molecule has 2 aliphatic heterocycles. The first kappa shape index (κ1) is 20.3. The number of nitrogens with zero attached hydrogens (tertiary/aromatic N) is 2. The van der Waals surface area contributed by atoms with Crippen molar-refractivity contribution < 1.29 is 22.8 Å². The summed E-state index contributed by atoms with van der Waals surface area (Å²) in [6.45, 7) is 4.33. The van der Waals surface area contributed by atoms with Gasteiger partial charge in [0.05, 0.1) is 11.5 Å². The molecule has 1 fully saturated rings. The fraction of sp³-hybridized carbons (Fsp3) is 0.526. The number of hydrogen-bond acceptors (Lipinski definition) is 5. The predicted octanol–water partition coefficient (Wildman–Crippen LogP) is 0.361. The van der Waals surface area contributed by atoms with E-state index in [0.717, 1.165) is 11.3 Å². The van der Waals surface area contributed by atoms with Crippen LogP contribution < -0.4 is 10.2 Å². The average Bonchev–Trinajstić information content (AvgIpc) is 3.10. The Balaban J connectivity index is 1.63. The maximum absolute atomic E-state index is 12.6. The fourth-order valence-electron chi connectivity index (χ4n) is 3.54. The number of hydrogen-bond donors (Lipinski definition) is 1. The van der Waals surface area contributed by atoms with Crippen molar-refractivity contribution in [1.29, 1.82) is 0 Å². The number of anilines is 1. The van der Waals surface area contributed by atoms with Gasteiger partial charge >= 0.3 is 0 Å². The highest BCUT2D eigenvalue weighted by Gasteiger charge is 2.29. The van der Waals surface area contributed by atoms with E-state index < -0.39 is 15.9 Å². The molecule has 0 aliphatic carbocycles. The minimum atomic E-state index is -3.07. The molecule has 0 radical (unpaired) electrons. The highest BCUT2D eigenvalue weighted by molar-refractivity contribution is 7.91. The Bertz CT molecular complexity index is 898. The molecular weight excluding hydrogens is 382 g/mol. The first-order valence-corrected chi connectivity index (χ1v) is 11.3. The van der Waals surface area contributed by atoms with E-state index in [1.165, 1.54) is 4.90 Å². The molecule has 1 N–H and O–H groups in total. The number of fused-ring (bicyclic) bond motifs is 1. The van der Waals surface area contributed by atoms with Crippen LogP contribution in [0.4, 0.5) is 5.69 Å². The SMILES string of the molecule is CCC(=O)N1CCc2cc(C(=O)NC(C)C(=O)N3CCS(=O)(=O)CC3)ccc21. The first-order valence-electron chi connectivity index (χ1n) is 9.45. The van der Waals surface area contributed by atoms with Crippen molar-refractivity contribution in [2.75, 3.05) is 36.0 Å². The van der Waals surface area contributed by atoms with Crippen LogP contribution in [0, 0.1) is 0 Å². The highest BCUT2D eigenvalue weighted by atomic mass is 32.2. The quantitative estimate of drug-likeness (QED) is 0.776. The van der Waals surface area contributed by atoms with Crippen LogP contribution >= 0.6 is 0 Å². The van der Waals surface area contributed by atoms with Crippen molar-refractivity contribution in [1.82, 2.24) is 10.2 Å². The second-order valence-electron chi connectivity index (χ2n) is 7.16. The minimum Gasteiger partial charge on any atom is -0.341 e. The van der Waals surface area contributed by atoms with Gasteiger partial charge in [0.15, 0.2) is 9.84 Å². The van der Waals surface area contributed by atoms with Crippen LogP contribution in [0.3, 0.4) is 0 Å². The normalized spacial score (nSPS) is 19.1. The third-order valence-corrected chi connectivity index (χ3v) is 6.82. The smallest absolute Gasteiger partial charge is 0.251 e. The number of amides is 3. The van der Waals surface area contributed by atoms with E-state index in [0.29, 0.717) is 24.9 Å². The summed E-state index contributed by atoms with van der Waals surface area (Å²) in [5.74, 6) is -0.689. The van der Waals surface area contributed by atoms with Crippen LogP contribution in [0.1, 0.15) is 36.2 Å². The number of benzene rings is 1. The van der Waals surface area contributed by atoms with Crippen molar-refractivity contribution >= 4 is 33.2 Å². The van der Waals surface area contributed by atoms with E-state index in [2.05, 4.69) is 5.32 Å². The molecule has 0 bridgehead atoms. The molecule has 3 rings (SSSR count). The fourth-order valence-corrected chi connectivity index (χ4v) is 4.74. The topological polar surface area (TPSA) is 104 Å². The average molecular weight is 407 g/mol. The van der Waals surface area contributed by atoms with Crippen LogP contribution in [0.15, 0.2) is 18.2 Å². The van der Waals surface area contributed by atoms with Gasteiger partial charge in [-0.25, -0.2) is 8.42 Å². The summed E-state index contributed by atoms with van der Waals surface area (Å²) < 4.78 is 23.0. The summed E-state index contributed by atoms with van der Waals surface area (Å²) in [5.41, 5.74) is 2.21. The molecule has 1 unspecified atom stereocenters. The summed E-state index contributed by atoms with van der Waals surface area (Å²) >= 11 is 0. The Kier molecular flexibility index (Phi) is 5.74. The Morgan fingerprint density at radius 3 is 2.46 bits per heavy atom. The van der Waals surface area contributed by atoms with E-state index in [4.69, 9.17) is 0 Å². The minimum absolute atomic E-state index is 0.0444. The van der Waals surface area contributed by atoms with Crippen LogP contribution in [-0.2, 0) is 25.8 Å². The Hall–Kier alpha value is -2.42. The summed E-state index contributed by atoms with van der Waals surface area (Å²) in [5, 5.41) is 2.69. The van der Waals surface area contributed by atoms with Gasteiger partial charge < -0.3 is 15.1 Å². The molecular formula is C19H25N3O5S. The van der Waals surface area contributed by atoms with Crippen molar-refractivity contribution in [3.63, 3.8) is 0 Å². The predicted molar refractivity (Wildman–Crippen MR) is 105 cm³/mol. The van der Waals surface area contributed by atoms with E-state index in [-0.39, 0.29) is 42.3 Å². The molecule has 0 spiro atoms. The Labute approximate surface area is 164 Å². The number of rotatable bonds is 4. The Morgan fingerprint density at radius 1 is 1.14 bits per heavy atom. The van der Waals surface area contributed by atoms with Crippen molar-refractivity contribution in [2.24, 2.45) is 0 Å². The summed E-state index contributed by atoms with van der Waals surface area (Å²) in [6.07, 6.45) is 1.12. The lowest BCUT2D eigenvalue weighted by molar-refractivity contribution is -0.132. The van der Waals surface area contributed by atoms with E-state index in [1.807, 2.05) is 6.92 Å². The van der Waals surface area contributed by atoms with Gasteiger partial charge in [0.25, 0.3) is 5.91 Å². The summed E-state index contributed by atoms with van der Waals surface area (Å²) in [6, 6.07) is 4.44. The van der Waals surface area contributed by atoms with Gasteiger partial charge in [0.2, 0.25) is 11.8 Å². The van der Waals surface area contributed by atoms with Crippen LogP contribution in [0.2, 0.25) is 0 Å². The number of carbonyl (C=O) groups excluding carboxylic acids is 3. The standard InChI is InChI=1S/C19H25N3O5S/c1-3-17(23)22-7-6-14-12-15(4-5-16(14)22)18(24)20-13(2)19(25)21-8-10-28(26,27)11-9-21/h4-5,12-13H,3,6-11H2,1-2H3,(H,20,24). The number of sulfone groups is 1. The molecule has 1 atom stereocenters. The zero-order chi connectivity index (χ0) is 20.5. The molecule has 152 valence electrons. The van der Waals surface area contributed by atoms with Gasteiger partial charge in [0, 0.05) is 37.3 Å². The van der Waals surface area contributed by atoms with Crippen LogP contribution in [-0.4, -0.2) is 68.2 Å². The second kappa shape index (κ2) is 7.90. The zero-order valence-electron chi connectivity index (χ0n) is 16.1. The molecule has 1 aromatic carbocycles. The molecule has 1 aromatic rings. The van der Waals surface area contributed by atoms with Gasteiger partial charge in [-0.1, -0.05) is 6.92 Å². The van der Waals surface area contributed by atoms with Crippen molar-refractivity contribution in [3.05, 3.63) is 29.3 Å². The lowest BCUT2D eigenvalue weighted by Crippen LogP contribution is -2.51. The largest absolute Gasteiger partial charge is 0.341 e. The lowest BCUT2D eigenvalue weighted by atomic mass is 10.1. The van der Waals surface area contributed by atoms with Gasteiger partial charge in [0.1, 0.15) is 6.04 Å². The molecule has 28 heavy (non-hydrogen) atoms. The van der Waals surface area contributed by atoms with Crippen molar-refractivity contribution in [2.45, 2.75) is 32.7 Å². The summed E-state index contributed by atoms with van der Waals surface area (Å²) in [4.78, 5) is 40.2. The van der Waals surface area contributed by atoms with Gasteiger partial charge in [-0.15, -0.1) is 0 Å². The molecule has 1 saturated heterocycles. The molecule has 9 heteroatoms. The van der Waals surface area contributed by atoms with E-state index in [9.17, 15) is 22.8 Å². The number of carbonyl (C=O) groups is 3. The van der Waals surface area contributed by atoms with E-state index >= 15 is 0 Å². The zero-order valence-corrected chi connectivity index (χ0v) is 16.9. The van der Waals surface area contributed by atoms with E-state index in [1.54, 1.807) is 30.0 Å². The highest BCUT2D eigenvalue weighted by Crippen LogP contribution is 2.29. The molecule has 2 heterocycles. The lowest BCUT2D eigenvalue weighted by Gasteiger charge is -2.29. The molecule has 3 amide bonds. The third-order valence-electron chi connectivity index (χ3n) is 5.21. The molecule has 2 aliphatic rings. The van der Waals surface area contributed by atoms with Crippen LogP contribution in [0.25, 0.3) is 0 Å². The van der Waals surface area contributed by atoms with Gasteiger partial charge in [-0.3, -0.25) is 14.4 Å². The number of nitrogens with one attached hydrogen (secondary N) is 1. The molecule has 8 nitrogen and oxygen atoms in total. The first-order chi connectivity index (χ1) is 13.2. The van der Waals surface area contributed by atoms with Crippen LogP contribution in [0.5, 0.6) is 0 Å². The maximum atomic E-state index is 12.6. The monoisotopic (exact) mass is 407 g/mol. The third kappa shape index (κ3) is 4.19. The second-order valence-corrected chi connectivity index (χ2v) is 9.47. The summed E-state index contributed by atoms with van der Waals surface area (Å²) in [7, 11) is -3.07. The van der Waals surface area contributed by atoms with Gasteiger partial charge in [-0.05, 0) is 37.1 Å².